The number of rotatable bonds is 10. The van der Waals surface area contributed by atoms with Crippen LogP contribution < -0.4 is 4.74 Å². The number of carboxylic acids is 1. The molecule has 0 amide bonds. The Bertz CT molecular complexity index is 1530. The zero-order chi connectivity index (χ0) is 30.5. The van der Waals surface area contributed by atoms with E-state index in [1.807, 2.05) is 25.1 Å². The van der Waals surface area contributed by atoms with Crippen molar-refractivity contribution in [3.05, 3.63) is 87.4 Å². The SMILES string of the molecule is C/C=C(\C(OCc1cc2c(cc1C)CN(C1CCOCC1)CC2)=C(\C)CC)c1cccc(-n2ncc(C(=O)O)c2OC)n1. The van der Waals surface area contributed by atoms with Crippen molar-refractivity contribution < 1.29 is 24.1 Å². The molecule has 0 radical (unpaired) electrons. The second kappa shape index (κ2) is 13.6. The Hall–Kier alpha value is -3.95. The fourth-order valence-electron chi connectivity index (χ4n) is 5.99. The van der Waals surface area contributed by atoms with Crippen molar-refractivity contribution >= 4 is 11.5 Å². The number of nitrogens with zero attached hydrogens (tertiary/aromatic N) is 4. The Morgan fingerprint density at radius 3 is 2.70 bits per heavy atom. The van der Waals surface area contributed by atoms with Gasteiger partial charge in [0.05, 0.1) is 19.0 Å². The number of aromatic carboxylic acids is 1. The number of fused-ring (bicyclic) bond motifs is 1. The molecule has 1 fully saturated rings. The zero-order valence-electron chi connectivity index (χ0n) is 25.9. The predicted octanol–water partition coefficient (Wildman–Crippen LogP) is 6.12. The smallest absolute Gasteiger partial charge is 0.342 e. The average Bonchev–Trinajstić information content (AvgIpc) is 3.48. The molecule has 5 rings (SSSR count). The van der Waals surface area contributed by atoms with Gasteiger partial charge in [-0.05, 0) is 86.4 Å². The number of carboxylic acid groups (broad SMARTS) is 1. The van der Waals surface area contributed by atoms with Crippen LogP contribution in [0.4, 0.5) is 0 Å². The molecule has 228 valence electrons. The van der Waals surface area contributed by atoms with Crippen molar-refractivity contribution in [1.29, 1.82) is 0 Å². The highest BCUT2D eigenvalue weighted by molar-refractivity contribution is 5.90. The molecule has 43 heavy (non-hydrogen) atoms. The number of aryl methyl sites for hydroxylation is 1. The van der Waals surface area contributed by atoms with E-state index in [9.17, 15) is 9.90 Å². The van der Waals surface area contributed by atoms with Crippen molar-refractivity contribution in [3.63, 3.8) is 0 Å². The first-order valence-electron chi connectivity index (χ1n) is 15.1. The second-order valence-corrected chi connectivity index (χ2v) is 11.2. The van der Waals surface area contributed by atoms with Gasteiger partial charge in [-0.1, -0.05) is 31.2 Å². The third-order valence-corrected chi connectivity index (χ3v) is 8.61. The number of hydrogen-bond donors (Lipinski definition) is 1. The minimum absolute atomic E-state index is 0.0246. The van der Waals surface area contributed by atoms with Crippen molar-refractivity contribution in [2.75, 3.05) is 26.9 Å². The van der Waals surface area contributed by atoms with Crippen molar-refractivity contribution in [2.45, 2.75) is 72.6 Å². The van der Waals surface area contributed by atoms with Gasteiger partial charge in [0, 0.05) is 37.9 Å². The van der Waals surface area contributed by atoms with Crippen LogP contribution in [0.2, 0.25) is 0 Å². The van der Waals surface area contributed by atoms with Gasteiger partial charge >= 0.3 is 5.97 Å². The molecule has 4 heterocycles. The minimum atomic E-state index is -1.11. The molecule has 9 heteroatoms. The molecular weight excluding hydrogens is 544 g/mol. The number of carbonyl (C=O) groups is 1. The van der Waals surface area contributed by atoms with Crippen LogP contribution >= 0.6 is 0 Å². The lowest BCUT2D eigenvalue weighted by molar-refractivity contribution is 0.0290. The Labute approximate surface area is 253 Å². The molecule has 2 aliphatic rings. The van der Waals surface area contributed by atoms with Gasteiger partial charge in [-0.15, -0.1) is 0 Å². The summed E-state index contributed by atoms with van der Waals surface area (Å²) in [6, 6.07) is 10.9. The Morgan fingerprint density at radius 1 is 1.21 bits per heavy atom. The minimum Gasteiger partial charge on any atom is -0.488 e. The van der Waals surface area contributed by atoms with Gasteiger partial charge in [-0.3, -0.25) is 4.90 Å². The summed E-state index contributed by atoms with van der Waals surface area (Å²) in [6.07, 6.45) is 7.39. The average molecular weight is 587 g/mol. The molecule has 0 bridgehead atoms. The maximum Gasteiger partial charge on any atom is 0.342 e. The highest BCUT2D eigenvalue weighted by Gasteiger charge is 2.26. The summed E-state index contributed by atoms with van der Waals surface area (Å²) in [6.45, 7) is 12.6. The van der Waals surface area contributed by atoms with Gasteiger partial charge < -0.3 is 19.3 Å². The summed E-state index contributed by atoms with van der Waals surface area (Å²) in [5.74, 6) is 0.264. The van der Waals surface area contributed by atoms with E-state index in [0.29, 0.717) is 24.2 Å². The van der Waals surface area contributed by atoms with Crippen LogP contribution in [0.5, 0.6) is 5.88 Å². The number of pyridine rings is 1. The van der Waals surface area contributed by atoms with Crippen LogP contribution in [0.15, 0.2) is 53.9 Å². The van der Waals surface area contributed by atoms with Crippen LogP contribution in [0.25, 0.3) is 11.4 Å². The van der Waals surface area contributed by atoms with Gasteiger partial charge in [0.25, 0.3) is 0 Å². The number of allylic oxidation sites excluding steroid dienone is 3. The third kappa shape index (κ3) is 6.53. The third-order valence-electron chi connectivity index (χ3n) is 8.61. The van der Waals surface area contributed by atoms with Crippen molar-refractivity contribution in [1.82, 2.24) is 19.7 Å². The zero-order valence-corrected chi connectivity index (χ0v) is 25.9. The highest BCUT2D eigenvalue weighted by atomic mass is 16.5. The molecule has 0 spiro atoms. The lowest BCUT2D eigenvalue weighted by atomic mass is 9.92. The van der Waals surface area contributed by atoms with E-state index in [1.54, 1.807) is 6.07 Å². The van der Waals surface area contributed by atoms with E-state index in [0.717, 1.165) is 68.9 Å². The molecule has 0 atom stereocenters. The summed E-state index contributed by atoms with van der Waals surface area (Å²) in [7, 11) is 1.42. The Kier molecular flexibility index (Phi) is 9.62. The van der Waals surface area contributed by atoms with E-state index in [1.165, 1.54) is 40.2 Å². The fourth-order valence-corrected chi connectivity index (χ4v) is 5.99. The van der Waals surface area contributed by atoms with E-state index in [4.69, 9.17) is 19.2 Å². The normalized spacial score (nSPS) is 16.9. The summed E-state index contributed by atoms with van der Waals surface area (Å²) in [4.78, 5) is 19.1. The van der Waals surface area contributed by atoms with Crippen LogP contribution in [0.1, 0.15) is 78.3 Å². The largest absolute Gasteiger partial charge is 0.488 e. The number of ether oxygens (including phenoxy) is 3. The molecule has 1 saturated heterocycles. The maximum atomic E-state index is 11.6. The van der Waals surface area contributed by atoms with Gasteiger partial charge in [0.1, 0.15) is 17.9 Å². The molecule has 9 nitrogen and oxygen atoms in total. The van der Waals surface area contributed by atoms with Gasteiger partial charge in [0.2, 0.25) is 5.88 Å². The van der Waals surface area contributed by atoms with Gasteiger partial charge in [-0.25, -0.2) is 9.78 Å². The summed E-state index contributed by atoms with van der Waals surface area (Å²) in [5.41, 5.74) is 7.94. The molecule has 1 N–H and O–H groups in total. The molecule has 3 aromatic rings. The lowest BCUT2D eigenvalue weighted by Crippen LogP contribution is -2.42. The number of aromatic nitrogens is 3. The van der Waals surface area contributed by atoms with Gasteiger partial charge in [-0.2, -0.15) is 9.78 Å². The topological polar surface area (TPSA) is 98.9 Å². The number of benzene rings is 1. The lowest BCUT2D eigenvalue weighted by Gasteiger charge is -2.37. The van der Waals surface area contributed by atoms with Crippen LogP contribution in [-0.4, -0.2) is 63.7 Å². The number of hydrogen-bond acceptors (Lipinski definition) is 7. The van der Waals surface area contributed by atoms with Crippen LogP contribution in [0, 0.1) is 6.92 Å². The quantitative estimate of drug-likeness (QED) is 0.224. The molecule has 1 aromatic carbocycles. The first-order chi connectivity index (χ1) is 20.8. The first kappa shape index (κ1) is 30.5. The van der Waals surface area contributed by atoms with Crippen molar-refractivity contribution in [3.8, 4) is 11.7 Å². The second-order valence-electron chi connectivity index (χ2n) is 11.2. The van der Waals surface area contributed by atoms with Crippen LogP contribution in [0.3, 0.4) is 0 Å². The molecule has 2 aromatic heterocycles. The fraction of sp³-hybridized carbons (Fsp3) is 0.441. The monoisotopic (exact) mass is 586 g/mol. The summed E-state index contributed by atoms with van der Waals surface area (Å²) in [5, 5.41) is 13.7. The van der Waals surface area contributed by atoms with Gasteiger partial charge in [0.15, 0.2) is 5.82 Å². The van der Waals surface area contributed by atoms with E-state index in [-0.39, 0.29) is 11.4 Å². The number of methoxy groups -OCH3 is 1. The molecule has 0 saturated carbocycles. The predicted molar refractivity (Wildman–Crippen MR) is 165 cm³/mol. The Morgan fingerprint density at radius 2 is 2.00 bits per heavy atom. The van der Waals surface area contributed by atoms with E-state index in [2.05, 4.69) is 42.9 Å². The molecular formula is C34H42N4O5. The highest BCUT2D eigenvalue weighted by Crippen LogP contribution is 2.32. The van der Waals surface area contributed by atoms with Crippen LogP contribution in [-0.2, 0) is 29.0 Å². The van der Waals surface area contributed by atoms with E-state index >= 15 is 0 Å². The van der Waals surface area contributed by atoms with Crippen molar-refractivity contribution in [2.24, 2.45) is 0 Å². The standard InChI is InChI=1S/C34H42N4O5/c1-6-22(3)32(28(7-2)30-9-8-10-31(36-30)38-33(41-5)29(19-35-38)34(39)40)43-21-26-18-24-11-14-37(20-25(24)17-23(26)4)27-12-15-42-16-13-27/h7-10,17-19,27H,6,11-16,20-21H2,1-5H3,(H,39,40)/b28-7-,32-22+. The molecule has 0 aliphatic carbocycles. The molecule has 0 unspecified atom stereocenters. The molecule has 2 aliphatic heterocycles. The summed E-state index contributed by atoms with van der Waals surface area (Å²) >= 11 is 0. The Balaban J connectivity index is 1.37. The van der Waals surface area contributed by atoms with E-state index < -0.39 is 5.97 Å². The first-order valence-corrected chi connectivity index (χ1v) is 15.1. The summed E-state index contributed by atoms with van der Waals surface area (Å²) < 4.78 is 19.0. The maximum absolute atomic E-state index is 11.6.